The van der Waals surface area contributed by atoms with Crippen molar-refractivity contribution < 1.29 is 18.9 Å². The molecule has 158 valence electrons. The maximum Gasteiger partial charge on any atom is 0.269 e. The lowest BCUT2D eigenvalue weighted by atomic mass is 10.00. The fourth-order valence-corrected chi connectivity index (χ4v) is 3.53. The molecule has 7 nitrogen and oxygen atoms in total. The number of hydrogen-bond acceptors (Lipinski definition) is 6. The van der Waals surface area contributed by atoms with Crippen molar-refractivity contribution in [3.63, 3.8) is 0 Å². The number of aromatic nitrogens is 2. The number of ether oxygens (including phenoxy) is 4. The molecule has 0 N–H and O–H groups in total. The first-order chi connectivity index (χ1) is 15.1. The van der Waals surface area contributed by atoms with Crippen LogP contribution < -0.4 is 24.5 Å². The topological polar surface area (TPSA) is 71.3 Å². The number of methoxy groups -OCH3 is 4. The Balaban J connectivity index is 2.12. The lowest BCUT2D eigenvalue weighted by Crippen LogP contribution is -2.20. The van der Waals surface area contributed by atoms with Crippen molar-refractivity contribution in [2.75, 3.05) is 28.4 Å². The molecule has 0 saturated heterocycles. The van der Waals surface area contributed by atoms with Crippen LogP contribution in [0.25, 0.3) is 28.0 Å². The van der Waals surface area contributed by atoms with E-state index < -0.39 is 0 Å². The van der Waals surface area contributed by atoms with Crippen LogP contribution in [0.15, 0.2) is 65.5 Å². The summed E-state index contributed by atoms with van der Waals surface area (Å²) in [5, 5.41) is 0. The highest BCUT2D eigenvalue weighted by Gasteiger charge is 2.20. The van der Waals surface area contributed by atoms with Crippen LogP contribution in [0.3, 0.4) is 0 Å². The summed E-state index contributed by atoms with van der Waals surface area (Å²) in [4.78, 5) is 18.6. The van der Waals surface area contributed by atoms with E-state index in [9.17, 15) is 4.79 Å². The molecule has 2 aromatic heterocycles. The third kappa shape index (κ3) is 3.54. The Bertz CT molecular complexity index is 1300. The minimum Gasteiger partial charge on any atom is -0.496 e. The third-order valence-electron chi connectivity index (χ3n) is 5.03. The molecule has 4 aromatic rings. The van der Waals surface area contributed by atoms with Crippen molar-refractivity contribution in [3.8, 4) is 45.5 Å². The number of fused-ring (bicyclic) bond motifs is 1. The summed E-state index contributed by atoms with van der Waals surface area (Å²) in [5.74, 6) is 2.01. The van der Waals surface area contributed by atoms with Gasteiger partial charge in [0.2, 0.25) is 5.88 Å². The van der Waals surface area contributed by atoms with Gasteiger partial charge in [-0.3, -0.25) is 4.79 Å². The van der Waals surface area contributed by atoms with Gasteiger partial charge in [0.05, 0.1) is 39.7 Å². The van der Waals surface area contributed by atoms with Gasteiger partial charge in [-0.05, 0) is 23.8 Å². The Morgan fingerprint density at radius 1 is 0.742 bits per heavy atom. The zero-order chi connectivity index (χ0) is 22.0. The smallest absolute Gasteiger partial charge is 0.269 e. The van der Waals surface area contributed by atoms with E-state index in [1.165, 1.54) is 11.5 Å². The van der Waals surface area contributed by atoms with Crippen LogP contribution in [-0.2, 0) is 0 Å². The van der Waals surface area contributed by atoms with Gasteiger partial charge in [0.1, 0.15) is 11.4 Å². The van der Waals surface area contributed by atoms with Crippen LogP contribution in [0.2, 0.25) is 0 Å². The van der Waals surface area contributed by atoms with Gasteiger partial charge in [0.25, 0.3) is 5.56 Å². The molecule has 2 aromatic carbocycles. The second-order valence-electron chi connectivity index (χ2n) is 6.71. The Kier molecular flexibility index (Phi) is 5.49. The van der Waals surface area contributed by atoms with Gasteiger partial charge in [-0.25, -0.2) is 9.38 Å². The predicted molar refractivity (Wildman–Crippen MR) is 119 cm³/mol. The highest BCUT2D eigenvalue weighted by Crippen LogP contribution is 2.35. The molecule has 4 rings (SSSR count). The lowest BCUT2D eigenvalue weighted by molar-refractivity contribution is 0.355. The quantitative estimate of drug-likeness (QED) is 0.470. The van der Waals surface area contributed by atoms with Crippen LogP contribution in [0.4, 0.5) is 0 Å². The first-order valence-corrected chi connectivity index (χ1v) is 9.58. The maximum absolute atomic E-state index is 13.7. The summed E-state index contributed by atoms with van der Waals surface area (Å²) < 4.78 is 23.1. The highest BCUT2D eigenvalue weighted by molar-refractivity contribution is 5.82. The molecule has 0 fully saturated rings. The standard InChI is InChI=1S/C24H22N2O5/c1-28-17-13-20-25-23(16-10-11-18(29-2)19(12-16)30-3)22(15-8-6-5-7-9-15)24(27)26(20)21(14-17)31-4/h5-14H,1-4H3. The summed E-state index contributed by atoms with van der Waals surface area (Å²) >= 11 is 0. The van der Waals surface area contributed by atoms with Gasteiger partial charge < -0.3 is 18.9 Å². The van der Waals surface area contributed by atoms with E-state index in [1.54, 1.807) is 45.6 Å². The summed E-state index contributed by atoms with van der Waals surface area (Å²) in [6, 6.07) is 18.2. The molecular formula is C24H22N2O5. The summed E-state index contributed by atoms with van der Waals surface area (Å²) in [7, 11) is 6.20. The van der Waals surface area contributed by atoms with E-state index in [1.807, 2.05) is 36.4 Å². The van der Waals surface area contributed by atoms with Crippen molar-refractivity contribution in [1.82, 2.24) is 9.38 Å². The Morgan fingerprint density at radius 3 is 2.13 bits per heavy atom. The van der Waals surface area contributed by atoms with Gasteiger partial charge in [-0.1, -0.05) is 30.3 Å². The van der Waals surface area contributed by atoms with Crippen molar-refractivity contribution in [3.05, 3.63) is 71.0 Å². The van der Waals surface area contributed by atoms with Crippen molar-refractivity contribution in [2.24, 2.45) is 0 Å². The average Bonchev–Trinajstić information content (AvgIpc) is 2.83. The highest BCUT2D eigenvalue weighted by atomic mass is 16.5. The molecule has 0 atom stereocenters. The first kappa shape index (κ1) is 20.3. The van der Waals surface area contributed by atoms with E-state index >= 15 is 0 Å². The fourth-order valence-electron chi connectivity index (χ4n) is 3.53. The van der Waals surface area contributed by atoms with Crippen LogP contribution in [0.1, 0.15) is 0 Å². The normalized spacial score (nSPS) is 10.7. The fraction of sp³-hybridized carbons (Fsp3) is 0.167. The average molecular weight is 418 g/mol. The maximum atomic E-state index is 13.7. The van der Waals surface area contributed by atoms with Gasteiger partial charge in [0, 0.05) is 17.7 Å². The van der Waals surface area contributed by atoms with Gasteiger partial charge >= 0.3 is 0 Å². The lowest BCUT2D eigenvalue weighted by Gasteiger charge is -2.16. The molecule has 0 unspecified atom stereocenters. The molecule has 7 heteroatoms. The number of benzene rings is 2. The Labute approximate surface area is 179 Å². The van der Waals surface area contributed by atoms with Crippen LogP contribution in [0, 0.1) is 0 Å². The number of rotatable bonds is 6. The van der Waals surface area contributed by atoms with Crippen LogP contribution >= 0.6 is 0 Å². The molecule has 0 aliphatic rings. The van der Waals surface area contributed by atoms with Crippen molar-refractivity contribution >= 4 is 5.65 Å². The second-order valence-corrected chi connectivity index (χ2v) is 6.71. The minimum atomic E-state index is -0.250. The SMILES string of the molecule is COc1cc(OC)n2c(=O)c(-c3ccccc3)c(-c3ccc(OC)c(OC)c3)nc2c1. The van der Waals surface area contributed by atoms with E-state index in [0.717, 1.165) is 11.1 Å². The van der Waals surface area contributed by atoms with E-state index in [4.69, 9.17) is 23.9 Å². The molecule has 0 saturated carbocycles. The predicted octanol–water partition coefficient (Wildman–Crippen LogP) is 4.06. The second kappa shape index (κ2) is 8.39. The monoisotopic (exact) mass is 418 g/mol. The zero-order valence-electron chi connectivity index (χ0n) is 17.7. The summed E-state index contributed by atoms with van der Waals surface area (Å²) in [6.45, 7) is 0. The largest absolute Gasteiger partial charge is 0.496 e. The molecule has 2 heterocycles. The molecule has 0 bridgehead atoms. The van der Waals surface area contributed by atoms with Gasteiger partial charge in [-0.2, -0.15) is 0 Å². The summed E-state index contributed by atoms with van der Waals surface area (Å²) in [6.07, 6.45) is 0. The number of nitrogens with zero attached hydrogens (tertiary/aromatic N) is 2. The molecule has 31 heavy (non-hydrogen) atoms. The summed E-state index contributed by atoms with van der Waals surface area (Å²) in [5.41, 5.74) is 2.60. The number of pyridine rings is 1. The molecule has 0 amide bonds. The Hall–Kier alpha value is -4.00. The van der Waals surface area contributed by atoms with Crippen LogP contribution in [-0.4, -0.2) is 37.8 Å². The third-order valence-corrected chi connectivity index (χ3v) is 5.03. The first-order valence-electron chi connectivity index (χ1n) is 9.58. The molecule has 0 radical (unpaired) electrons. The molecule has 0 aliphatic carbocycles. The zero-order valence-corrected chi connectivity index (χ0v) is 17.7. The van der Waals surface area contributed by atoms with Crippen LogP contribution in [0.5, 0.6) is 23.1 Å². The van der Waals surface area contributed by atoms with E-state index in [2.05, 4.69) is 0 Å². The Morgan fingerprint density at radius 2 is 1.48 bits per heavy atom. The van der Waals surface area contributed by atoms with Crippen molar-refractivity contribution in [1.29, 1.82) is 0 Å². The molecular weight excluding hydrogens is 396 g/mol. The minimum absolute atomic E-state index is 0.250. The molecule has 0 aliphatic heterocycles. The van der Waals surface area contributed by atoms with Gasteiger partial charge in [0.15, 0.2) is 11.5 Å². The van der Waals surface area contributed by atoms with E-state index in [-0.39, 0.29) is 5.56 Å². The van der Waals surface area contributed by atoms with Crippen molar-refractivity contribution in [2.45, 2.75) is 0 Å². The number of hydrogen-bond donors (Lipinski definition) is 0. The van der Waals surface area contributed by atoms with Gasteiger partial charge in [-0.15, -0.1) is 0 Å². The van der Waals surface area contributed by atoms with E-state index in [0.29, 0.717) is 40.0 Å². The molecule has 0 spiro atoms.